The van der Waals surface area contributed by atoms with Crippen molar-refractivity contribution in [3.8, 4) is 0 Å². The van der Waals surface area contributed by atoms with Gasteiger partial charge in [-0.3, -0.25) is 4.90 Å². The highest BCUT2D eigenvalue weighted by atomic mass is 16.6. The highest BCUT2D eigenvalue weighted by Gasteiger charge is 2.51. The van der Waals surface area contributed by atoms with Gasteiger partial charge in [-0.05, 0) is 55.4 Å². The van der Waals surface area contributed by atoms with Gasteiger partial charge in [0.2, 0.25) is 0 Å². The molecule has 1 aliphatic heterocycles. The molecule has 0 N–H and O–H groups in total. The highest BCUT2D eigenvalue weighted by Crippen LogP contribution is 2.35. The minimum atomic E-state index is -0.693. The van der Waals surface area contributed by atoms with Crippen LogP contribution in [0.1, 0.15) is 55.4 Å². The molecule has 0 bridgehead atoms. The van der Waals surface area contributed by atoms with Crippen molar-refractivity contribution in [3.63, 3.8) is 0 Å². The van der Waals surface area contributed by atoms with Crippen LogP contribution in [0.2, 0.25) is 0 Å². The van der Waals surface area contributed by atoms with Gasteiger partial charge in [0.1, 0.15) is 11.3 Å². The number of amides is 1. The monoisotopic (exact) mass is 287 g/mol. The molecule has 5 heteroatoms. The summed E-state index contributed by atoms with van der Waals surface area (Å²) < 4.78 is 17.1. The molecule has 118 valence electrons. The van der Waals surface area contributed by atoms with E-state index in [2.05, 4.69) is 0 Å². The van der Waals surface area contributed by atoms with Crippen molar-refractivity contribution in [1.82, 2.24) is 4.90 Å². The fourth-order valence-electron chi connectivity index (χ4n) is 2.44. The highest BCUT2D eigenvalue weighted by molar-refractivity contribution is 5.70. The van der Waals surface area contributed by atoms with Gasteiger partial charge in [0.15, 0.2) is 0 Å². The fraction of sp³-hybridized carbons (Fsp3) is 0.933. The van der Waals surface area contributed by atoms with E-state index in [1.807, 2.05) is 55.4 Å². The lowest BCUT2D eigenvalue weighted by molar-refractivity contribution is -0.0907. The molecule has 1 amide bonds. The van der Waals surface area contributed by atoms with Crippen molar-refractivity contribution in [3.05, 3.63) is 0 Å². The molecule has 1 fully saturated rings. The quantitative estimate of drug-likeness (QED) is 0.800. The predicted molar refractivity (Wildman–Crippen MR) is 77.6 cm³/mol. The summed E-state index contributed by atoms with van der Waals surface area (Å²) >= 11 is 0. The summed E-state index contributed by atoms with van der Waals surface area (Å²) in [6.45, 7) is 16.3. The van der Waals surface area contributed by atoms with Gasteiger partial charge < -0.3 is 14.2 Å². The number of nitrogens with zero attached hydrogens (tertiary/aromatic N) is 1. The molecule has 20 heavy (non-hydrogen) atoms. The first-order valence-electron chi connectivity index (χ1n) is 7.21. The topological polar surface area (TPSA) is 48.0 Å². The van der Waals surface area contributed by atoms with Crippen molar-refractivity contribution >= 4 is 6.09 Å². The first kappa shape index (κ1) is 17.2. The Morgan fingerprint density at radius 1 is 1.30 bits per heavy atom. The van der Waals surface area contributed by atoms with Crippen LogP contribution >= 0.6 is 0 Å². The van der Waals surface area contributed by atoms with Crippen LogP contribution in [0.4, 0.5) is 4.79 Å². The van der Waals surface area contributed by atoms with E-state index in [9.17, 15) is 4.79 Å². The Hall–Kier alpha value is -0.810. The summed E-state index contributed by atoms with van der Waals surface area (Å²) in [5.74, 6) is 0. The molecule has 0 aromatic carbocycles. The number of carbonyl (C=O) groups excluding carboxylic acids is 1. The largest absolute Gasteiger partial charge is 0.444 e. The minimum Gasteiger partial charge on any atom is -0.444 e. The summed E-state index contributed by atoms with van der Waals surface area (Å²) in [6, 6.07) is -0.174. The molecule has 1 unspecified atom stereocenters. The number of hydrogen-bond donors (Lipinski definition) is 0. The van der Waals surface area contributed by atoms with Crippen LogP contribution < -0.4 is 0 Å². The summed E-state index contributed by atoms with van der Waals surface area (Å²) in [5.41, 5.74) is -1.71. The van der Waals surface area contributed by atoms with Crippen molar-refractivity contribution in [2.45, 2.75) is 78.4 Å². The number of ether oxygens (including phenoxy) is 3. The molecule has 0 spiro atoms. The van der Waals surface area contributed by atoms with Gasteiger partial charge in [-0.15, -0.1) is 0 Å². The lowest BCUT2D eigenvalue weighted by Crippen LogP contribution is -2.57. The van der Waals surface area contributed by atoms with E-state index in [0.29, 0.717) is 13.2 Å². The van der Waals surface area contributed by atoms with Crippen LogP contribution in [-0.4, -0.2) is 47.2 Å². The maximum atomic E-state index is 12.5. The van der Waals surface area contributed by atoms with Gasteiger partial charge in [0, 0.05) is 6.61 Å². The van der Waals surface area contributed by atoms with Crippen LogP contribution in [0.5, 0.6) is 0 Å². The van der Waals surface area contributed by atoms with E-state index in [1.54, 1.807) is 4.90 Å². The van der Waals surface area contributed by atoms with Crippen LogP contribution in [0.25, 0.3) is 0 Å². The third kappa shape index (κ3) is 3.85. The molecule has 1 rings (SSSR count). The summed E-state index contributed by atoms with van der Waals surface area (Å²) in [7, 11) is 0. The van der Waals surface area contributed by atoms with Crippen LogP contribution in [0, 0.1) is 0 Å². The van der Waals surface area contributed by atoms with Gasteiger partial charge in [-0.1, -0.05) is 0 Å². The Labute approximate surface area is 122 Å². The normalized spacial score (nSPS) is 23.0. The summed E-state index contributed by atoms with van der Waals surface area (Å²) in [6.07, 6.45) is -0.363. The van der Waals surface area contributed by atoms with E-state index in [0.717, 1.165) is 0 Å². The van der Waals surface area contributed by atoms with Gasteiger partial charge in [-0.2, -0.15) is 0 Å². The Kier molecular flexibility index (Phi) is 4.76. The molecular formula is C15H29NO4. The lowest BCUT2D eigenvalue weighted by Gasteiger charge is -2.40. The maximum absolute atomic E-state index is 12.5. The van der Waals surface area contributed by atoms with Crippen molar-refractivity contribution in [1.29, 1.82) is 0 Å². The van der Waals surface area contributed by atoms with Gasteiger partial charge in [-0.25, -0.2) is 4.79 Å². The molecule has 0 aliphatic carbocycles. The first-order valence-corrected chi connectivity index (χ1v) is 7.21. The Balaban J connectivity index is 2.99. The Morgan fingerprint density at radius 2 is 1.85 bits per heavy atom. The second-order valence-electron chi connectivity index (χ2n) is 7.16. The molecule has 1 atom stereocenters. The number of carbonyl (C=O) groups is 1. The van der Waals surface area contributed by atoms with Crippen molar-refractivity contribution in [2.75, 3.05) is 13.2 Å². The molecule has 0 radical (unpaired) electrons. The molecular weight excluding hydrogens is 258 g/mol. The zero-order valence-corrected chi connectivity index (χ0v) is 14.1. The average molecular weight is 287 g/mol. The summed E-state index contributed by atoms with van der Waals surface area (Å²) in [4.78, 5) is 14.2. The lowest BCUT2D eigenvalue weighted by atomic mass is 9.97. The fourth-order valence-corrected chi connectivity index (χ4v) is 2.44. The standard InChI is InChI=1S/C15H29NO4/c1-9-18-14(5,6)11-10-19-15(7,8)16(11)12(17)20-13(2,3)4/h11H,9-10H2,1-8H3. The van der Waals surface area contributed by atoms with E-state index >= 15 is 0 Å². The predicted octanol–water partition coefficient (Wildman–Crippen LogP) is 3.17. The molecule has 0 saturated carbocycles. The zero-order valence-electron chi connectivity index (χ0n) is 14.1. The number of hydrogen-bond acceptors (Lipinski definition) is 4. The van der Waals surface area contributed by atoms with Crippen LogP contribution in [0.3, 0.4) is 0 Å². The average Bonchev–Trinajstić information content (AvgIpc) is 2.51. The Morgan fingerprint density at radius 3 is 2.30 bits per heavy atom. The molecule has 0 aromatic rings. The van der Waals surface area contributed by atoms with Gasteiger partial charge in [0.05, 0.1) is 18.2 Å². The first-order chi connectivity index (χ1) is 8.91. The van der Waals surface area contributed by atoms with E-state index in [1.165, 1.54) is 0 Å². The maximum Gasteiger partial charge on any atom is 0.413 e. The molecule has 1 heterocycles. The zero-order chi connectivity index (χ0) is 15.8. The third-order valence-corrected chi connectivity index (χ3v) is 3.40. The van der Waals surface area contributed by atoms with Crippen LogP contribution in [-0.2, 0) is 14.2 Å². The van der Waals surface area contributed by atoms with E-state index in [-0.39, 0.29) is 12.1 Å². The number of rotatable bonds is 3. The molecule has 5 nitrogen and oxygen atoms in total. The minimum absolute atomic E-state index is 0.174. The molecule has 1 saturated heterocycles. The van der Waals surface area contributed by atoms with E-state index < -0.39 is 16.9 Å². The second-order valence-corrected chi connectivity index (χ2v) is 7.16. The Bertz CT molecular complexity index is 357. The smallest absolute Gasteiger partial charge is 0.413 e. The van der Waals surface area contributed by atoms with Crippen molar-refractivity contribution in [2.24, 2.45) is 0 Å². The van der Waals surface area contributed by atoms with Crippen LogP contribution in [0.15, 0.2) is 0 Å². The third-order valence-electron chi connectivity index (χ3n) is 3.40. The SMILES string of the molecule is CCOC(C)(C)C1COC(C)(C)N1C(=O)OC(C)(C)C. The summed E-state index contributed by atoms with van der Waals surface area (Å²) in [5, 5.41) is 0. The van der Waals surface area contributed by atoms with Gasteiger partial charge >= 0.3 is 6.09 Å². The van der Waals surface area contributed by atoms with Crippen molar-refractivity contribution < 1.29 is 19.0 Å². The second kappa shape index (κ2) is 5.53. The van der Waals surface area contributed by atoms with E-state index in [4.69, 9.17) is 14.2 Å². The molecule has 0 aromatic heterocycles. The molecule has 1 aliphatic rings. The van der Waals surface area contributed by atoms with Gasteiger partial charge in [0.25, 0.3) is 0 Å².